The minimum absolute atomic E-state index is 0.553. The summed E-state index contributed by atoms with van der Waals surface area (Å²) in [7, 11) is 0. The Kier molecular flexibility index (Phi) is 4.64. The number of hydrogen-bond donors (Lipinski definition) is 2. The predicted octanol–water partition coefficient (Wildman–Crippen LogP) is 2.60. The van der Waals surface area contributed by atoms with Crippen molar-refractivity contribution in [3.63, 3.8) is 0 Å². The highest BCUT2D eigenvalue weighted by Gasteiger charge is 2.13. The first-order valence-corrected chi connectivity index (χ1v) is 6.01. The molecule has 0 bridgehead atoms. The van der Waals surface area contributed by atoms with Gasteiger partial charge in [0.25, 0.3) is 0 Å². The molecular weight excluding hydrogens is 208 g/mol. The maximum Gasteiger partial charge on any atom is 0.105 e. The molecule has 0 aromatic heterocycles. The molecule has 0 heterocycles. The summed E-state index contributed by atoms with van der Waals surface area (Å²) in [6, 6.07) is 7.68. The van der Waals surface area contributed by atoms with Gasteiger partial charge in [0.05, 0.1) is 6.10 Å². The van der Waals surface area contributed by atoms with E-state index in [1.807, 2.05) is 24.3 Å². The van der Waals surface area contributed by atoms with E-state index in [1.165, 1.54) is 4.90 Å². The van der Waals surface area contributed by atoms with Gasteiger partial charge in [-0.3, -0.25) is 0 Å². The number of hydrogen-bond acceptors (Lipinski definition) is 3. The van der Waals surface area contributed by atoms with Crippen LogP contribution >= 0.6 is 11.8 Å². The molecule has 0 saturated heterocycles. The van der Waals surface area contributed by atoms with Crippen LogP contribution in [-0.4, -0.2) is 21.6 Å². The van der Waals surface area contributed by atoms with Crippen molar-refractivity contribution in [2.45, 2.75) is 43.1 Å². The molecule has 1 rings (SSSR count). The Morgan fingerprint density at radius 3 is 1.93 bits per heavy atom. The van der Waals surface area contributed by atoms with Crippen LogP contribution in [0.4, 0.5) is 0 Å². The van der Waals surface area contributed by atoms with Gasteiger partial charge in [-0.15, -0.1) is 11.8 Å². The topological polar surface area (TPSA) is 40.5 Å². The normalized spacial score (nSPS) is 15.3. The van der Waals surface area contributed by atoms with Crippen molar-refractivity contribution in [2.24, 2.45) is 0 Å². The van der Waals surface area contributed by atoms with Crippen LogP contribution in [0, 0.1) is 0 Å². The number of benzene rings is 1. The molecule has 0 aliphatic heterocycles. The molecular formula is C12H18O2S. The first kappa shape index (κ1) is 12.6. The first-order chi connectivity index (χ1) is 7.00. The fourth-order valence-corrected chi connectivity index (χ4v) is 2.13. The van der Waals surface area contributed by atoms with Crippen molar-refractivity contribution in [1.29, 1.82) is 0 Å². The Morgan fingerprint density at radius 1 is 1.00 bits per heavy atom. The molecule has 0 fully saturated rings. The Balaban J connectivity index is 2.72. The third-order valence-electron chi connectivity index (χ3n) is 2.05. The summed E-state index contributed by atoms with van der Waals surface area (Å²) in [5.41, 5.74) is 0.762. The molecule has 0 spiro atoms. The Morgan fingerprint density at radius 2 is 1.53 bits per heavy atom. The predicted molar refractivity (Wildman–Crippen MR) is 64.1 cm³/mol. The van der Waals surface area contributed by atoms with E-state index in [-0.39, 0.29) is 0 Å². The average molecular weight is 226 g/mol. The maximum atomic E-state index is 9.61. The summed E-state index contributed by atoms with van der Waals surface area (Å²) in [6.45, 7) is 5.87. The SMILES string of the molecule is CC(C)Sc1ccc(C(O)C(C)O)cc1. The molecule has 0 amide bonds. The van der Waals surface area contributed by atoms with Gasteiger partial charge in [-0.05, 0) is 24.6 Å². The average Bonchev–Trinajstić information content (AvgIpc) is 2.17. The quantitative estimate of drug-likeness (QED) is 0.775. The third-order valence-corrected chi connectivity index (χ3v) is 3.07. The van der Waals surface area contributed by atoms with Gasteiger partial charge in [0.15, 0.2) is 0 Å². The van der Waals surface area contributed by atoms with Crippen molar-refractivity contribution in [1.82, 2.24) is 0 Å². The summed E-state index contributed by atoms with van der Waals surface area (Å²) in [6.07, 6.45) is -1.52. The van der Waals surface area contributed by atoms with E-state index < -0.39 is 12.2 Å². The van der Waals surface area contributed by atoms with E-state index in [0.717, 1.165) is 5.56 Å². The summed E-state index contributed by atoms with van der Waals surface area (Å²) in [4.78, 5) is 1.19. The van der Waals surface area contributed by atoms with Crippen molar-refractivity contribution >= 4 is 11.8 Å². The lowest BCUT2D eigenvalue weighted by molar-refractivity contribution is 0.0305. The standard InChI is InChI=1S/C12H18O2S/c1-8(2)15-11-6-4-10(5-7-11)12(14)9(3)13/h4-9,12-14H,1-3H3. The highest BCUT2D eigenvalue weighted by Crippen LogP contribution is 2.25. The molecule has 0 radical (unpaired) electrons. The molecule has 3 heteroatoms. The Hall–Kier alpha value is -0.510. The molecule has 2 nitrogen and oxygen atoms in total. The maximum absolute atomic E-state index is 9.61. The van der Waals surface area contributed by atoms with Crippen LogP contribution in [0.3, 0.4) is 0 Å². The van der Waals surface area contributed by atoms with E-state index >= 15 is 0 Å². The van der Waals surface area contributed by atoms with Crippen molar-refractivity contribution < 1.29 is 10.2 Å². The molecule has 84 valence electrons. The highest BCUT2D eigenvalue weighted by molar-refractivity contribution is 7.99. The first-order valence-electron chi connectivity index (χ1n) is 5.13. The van der Waals surface area contributed by atoms with Gasteiger partial charge in [0, 0.05) is 10.1 Å². The lowest BCUT2D eigenvalue weighted by Crippen LogP contribution is -2.13. The van der Waals surface area contributed by atoms with Crippen LogP contribution in [-0.2, 0) is 0 Å². The van der Waals surface area contributed by atoms with Crippen LogP contribution in [0.1, 0.15) is 32.4 Å². The van der Waals surface area contributed by atoms with Crippen LogP contribution in [0.15, 0.2) is 29.2 Å². The zero-order valence-electron chi connectivity index (χ0n) is 9.34. The molecule has 2 unspecified atom stereocenters. The number of aliphatic hydroxyl groups excluding tert-OH is 2. The minimum Gasteiger partial charge on any atom is -0.390 e. The van der Waals surface area contributed by atoms with Crippen molar-refractivity contribution in [3.8, 4) is 0 Å². The van der Waals surface area contributed by atoms with Crippen LogP contribution in [0.2, 0.25) is 0 Å². The summed E-state index contributed by atoms with van der Waals surface area (Å²) >= 11 is 1.78. The summed E-state index contributed by atoms with van der Waals surface area (Å²) in [5.74, 6) is 0. The van der Waals surface area contributed by atoms with Gasteiger partial charge in [-0.25, -0.2) is 0 Å². The zero-order chi connectivity index (χ0) is 11.4. The Labute approximate surface area is 95.3 Å². The highest BCUT2D eigenvalue weighted by atomic mass is 32.2. The number of thioether (sulfide) groups is 1. The van der Waals surface area contributed by atoms with Crippen molar-refractivity contribution in [3.05, 3.63) is 29.8 Å². The lowest BCUT2D eigenvalue weighted by Gasteiger charge is -2.14. The van der Waals surface area contributed by atoms with Crippen molar-refractivity contribution in [2.75, 3.05) is 0 Å². The molecule has 2 atom stereocenters. The van der Waals surface area contributed by atoms with E-state index in [2.05, 4.69) is 13.8 Å². The van der Waals surface area contributed by atoms with Gasteiger partial charge in [0.1, 0.15) is 6.10 Å². The van der Waals surface area contributed by atoms with Gasteiger partial charge in [-0.2, -0.15) is 0 Å². The molecule has 1 aromatic rings. The van der Waals surface area contributed by atoms with E-state index in [1.54, 1.807) is 18.7 Å². The Bertz CT molecular complexity index is 293. The molecule has 0 aliphatic carbocycles. The fraction of sp³-hybridized carbons (Fsp3) is 0.500. The summed E-state index contributed by atoms with van der Waals surface area (Å²) < 4.78 is 0. The van der Waals surface area contributed by atoms with Crippen LogP contribution < -0.4 is 0 Å². The van der Waals surface area contributed by atoms with Gasteiger partial charge in [-0.1, -0.05) is 26.0 Å². The van der Waals surface area contributed by atoms with Gasteiger partial charge >= 0.3 is 0 Å². The molecule has 15 heavy (non-hydrogen) atoms. The molecule has 1 aromatic carbocycles. The third kappa shape index (κ3) is 3.86. The van der Waals surface area contributed by atoms with E-state index in [4.69, 9.17) is 0 Å². The minimum atomic E-state index is -0.789. The molecule has 2 N–H and O–H groups in total. The van der Waals surface area contributed by atoms with E-state index in [0.29, 0.717) is 5.25 Å². The summed E-state index contributed by atoms with van der Waals surface area (Å²) in [5, 5.41) is 19.4. The second-order valence-corrected chi connectivity index (χ2v) is 5.57. The van der Waals surface area contributed by atoms with Crippen LogP contribution in [0.25, 0.3) is 0 Å². The smallest absolute Gasteiger partial charge is 0.105 e. The van der Waals surface area contributed by atoms with Gasteiger partial charge in [0.2, 0.25) is 0 Å². The second-order valence-electron chi connectivity index (χ2n) is 3.92. The number of rotatable bonds is 4. The van der Waals surface area contributed by atoms with Crippen LogP contribution in [0.5, 0.6) is 0 Å². The largest absolute Gasteiger partial charge is 0.390 e. The van der Waals surface area contributed by atoms with E-state index in [9.17, 15) is 10.2 Å². The monoisotopic (exact) mass is 226 g/mol. The molecule has 0 saturated carbocycles. The zero-order valence-corrected chi connectivity index (χ0v) is 10.2. The van der Waals surface area contributed by atoms with Gasteiger partial charge < -0.3 is 10.2 Å². The number of aliphatic hydroxyl groups is 2. The molecule has 0 aliphatic rings. The fourth-order valence-electron chi connectivity index (χ4n) is 1.29. The second kappa shape index (κ2) is 5.54. The lowest BCUT2D eigenvalue weighted by atomic mass is 10.1.